The van der Waals surface area contributed by atoms with Gasteiger partial charge in [0.15, 0.2) is 0 Å². The van der Waals surface area contributed by atoms with Crippen molar-refractivity contribution in [2.45, 2.75) is 27.7 Å². The topological polar surface area (TPSA) is 93.6 Å². The summed E-state index contributed by atoms with van der Waals surface area (Å²) in [6.45, 7) is 11.6. The van der Waals surface area contributed by atoms with Crippen molar-refractivity contribution in [3.8, 4) is 16.9 Å². The molecule has 1 aromatic carbocycles. The summed E-state index contributed by atoms with van der Waals surface area (Å²) in [7, 11) is 5.37. The Labute approximate surface area is 180 Å². The number of fused-ring (bicyclic) bond motifs is 1. The number of hydrogen-bond acceptors (Lipinski definition) is 6. The molecule has 4 rings (SSSR count). The molecule has 8 heteroatoms. The van der Waals surface area contributed by atoms with Gasteiger partial charge in [0.05, 0.1) is 35.3 Å². The van der Waals surface area contributed by atoms with Crippen LogP contribution in [0.25, 0.3) is 22.0 Å². The first-order valence-corrected chi connectivity index (χ1v) is 9.93. The second kappa shape index (κ2) is 7.54. The predicted molar refractivity (Wildman–Crippen MR) is 123 cm³/mol. The van der Waals surface area contributed by atoms with Gasteiger partial charge in [-0.05, 0) is 46.5 Å². The van der Waals surface area contributed by atoms with Crippen LogP contribution in [-0.4, -0.2) is 46.5 Å². The molecule has 0 spiro atoms. The van der Waals surface area contributed by atoms with E-state index >= 15 is 0 Å². The van der Waals surface area contributed by atoms with Gasteiger partial charge in [0, 0.05) is 41.8 Å². The zero-order valence-electron chi connectivity index (χ0n) is 18.9. The van der Waals surface area contributed by atoms with Crippen LogP contribution in [-0.2, 0) is 7.05 Å². The highest BCUT2D eigenvalue weighted by Gasteiger charge is 2.25. The summed E-state index contributed by atoms with van der Waals surface area (Å²) in [5.41, 5.74) is 8.13. The number of H-pyrrole nitrogens is 1. The molecule has 0 aliphatic carbocycles. The van der Waals surface area contributed by atoms with E-state index in [1.54, 1.807) is 14.2 Å². The van der Waals surface area contributed by atoms with Crippen LogP contribution in [0.3, 0.4) is 0 Å². The van der Waals surface area contributed by atoms with Crippen molar-refractivity contribution < 1.29 is 9.26 Å². The van der Waals surface area contributed by atoms with Gasteiger partial charge in [-0.1, -0.05) is 5.16 Å². The van der Waals surface area contributed by atoms with E-state index < -0.39 is 0 Å². The summed E-state index contributed by atoms with van der Waals surface area (Å²) < 4.78 is 13.0. The molecule has 8 nitrogen and oxygen atoms in total. The Bertz CT molecular complexity index is 1330. The third-order valence-corrected chi connectivity index (χ3v) is 5.77. The fourth-order valence-corrected chi connectivity index (χ4v) is 4.26. The van der Waals surface area contributed by atoms with Crippen LogP contribution >= 0.6 is 0 Å². The molecule has 0 bridgehead atoms. The van der Waals surface area contributed by atoms with Crippen molar-refractivity contribution in [1.82, 2.24) is 19.9 Å². The van der Waals surface area contributed by atoms with Crippen molar-refractivity contribution in [2.24, 2.45) is 17.0 Å². The van der Waals surface area contributed by atoms with Crippen LogP contribution in [0.1, 0.15) is 34.0 Å². The van der Waals surface area contributed by atoms with Crippen LogP contribution in [0.2, 0.25) is 0 Å². The molecule has 0 radical (unpaired) electrons. The number of benzene rings is 1. The number of methoxy groups -OCH3 is 1. The number of rotatable bonds is 5. The maximum atomic E-state index is 5.77. The quantitative estimate of drug-likeness (QED) is 0.479. The Morgan fingerprint density at radius 1 is 1.16 bits per heavy atom. The van der Waals surface area contributed by atoms with Gasteiger partial charge in [0.1, 0.15) is 17.3 Å². The second-order valence-electron chi connectivity index (χ2n) is 7.55. The Morgan fingerprint density at radius 2 is 1.90 bits per heavy atom. The smallest absolute Gasteiger partial charge is 0.141 e. The standard InChI is InChI=1S/C23H26N6O2/c1-11-19(13(3)29(7)27-11)22(24-5)21-15-10-18(30-8)16(9-17(15)26-23(21)25-6)20-12(2)28-31-14(20)4/h9-10,26H,6H2,1-5,7-8H3. The minimum absolute atomic E-state index is 0.649. The molecular weight excluding hydrogens is 392 g/mol. The van der Waals surface area contributed by atoms with Crippen molar-refractivity contribution in [2.75, 3.05) is 14.2 Å². The van der Waals surface area contributed by atoms with Crippen LogP contribution in [0.15, 0.2) is 26.6 Å². The molecule has 0 fully saturated rings. The lowest BCUT2D eigenvalue weighted by Crippen LogP contribution is -2.06. The lowest BCUT2D eigenvalue weighted by molar-refractivity contribution is 0.393. The molecule has 0 aliphatic rings. The maximum Gasteiger partial charge on any atom is 0.141 e. The molecule has 0 amide bonds. The first kappa shape index (κ1) is 20.6. The van der Waals surface area contributed by atoms with E-state index in [1.165, 1.54) is 0 Å². The predicted octanol–water partition coefficient (Wildman–Crippen LogP) is 4.60. The van der Waals surface area contributed by atoms with Crippen molar-refractivity contribution in [3.05, 3.63) is 46.1 Å². The first-order chi connectivity index (χ1) is 14.8. The largest absolute Gasteiger partial charge is 0.496 e. The number of aromatic amines is 1. The third kappa shape index (κ3) is 3.06. The van der Waals surface area contributed by atoms with E-state index in [2.05, 4.69) is 31.9 Å². The number of hydrogen-bond donors (Lipinski definition) is 1. The van der Waals surface area contributed by atoms with Crippen LogP contribution < -0.4 is 4.74 Å². The fraction of sp³-hybridized carbons (Fsp3) is 0.304. The number of aliphatic imine (C=N–C) groups is 2. The summed E-state index contributed by atoms with van der Waals surface area (Å²) >= 11 is 0. The van der Waals surface area contributed by atoms with Crippen LogP contribution in [0.5, 0.6) is 5.75 Å². The number of ether oxygens (including phenoxy) is 1. The average Bonchev–Trinajstić information content (AvgIpc) is 3.36. The van der Waals surface area contributed by atoms with Gasteiger partial charge in [0.25, 0.3) is 0 Å². The summed E-state index contributed by atoms with van der Waals surface area (Å²) in [5.74, 6) is 2.10. The van der Waals surface area contributed by atoms with Gasteiger partial charge < -0.3 is 14.2 Å². The monoisotopic (exact) mass is 418 g/mol. The van der Waals surface area contributed by atoms with E-state index in [1.807, 2.05) is 51.6 Å². The summed E-state index contributed by atoms with van der Waals surface area (Å²) in [4.78, 5) is 12.3. The van der Waals surface area contributed by atoms with Gasteiger partial charge >= 0.3 is 0 Å². The van der Waals surface area contributed by atoms with E-state index in [9.17, 15) is 0 Å². The molecule has 31 heavy (non-hydrogen) atoms. The highest BCUT2D eigenvalue weighted by molar-refractivity contribution is 6.23. The summed E-state index contributed by atoms with van der Waals surface area (Å²) in [6.07, 6.45) is 0. The van der Waals surface area contributed by atoms with Crippen LogP contribution in [0.4, 0.5) is 5.82 Å². The number of nitrogens with one attached hydrogen (secondary N) is 1. The second-order valence-corrected chi connectivity index (χ2v) is 7.55. The van der Waals surface area contributed by atoms with E-state index in [0.29, 0.717) is 11.6 Å². The molecule has 3 heterocycles. The van der Waals surface area contributed by atoms with Gasteiger partial charge in [-0.25, -0.2) is 4.99 Å². The Kier molecular flexibility index (Phi) is 5.00. The van der Waals surface area contributed by atoms with Gasteiger partial charge in [-0.15, -0.1) is 0 Å². The third-order valence-electron chi connectivity index (χ3n) is 5.77. The highest BCUT2D eigenvalue weighted by Crippen LogP contribution is 2.41. The molecule has 0 saturated carbocycles. The first-order valence-electron chi connectivity index (χ1n) is 9.93. The van der Waals surface area contributed by atoms with Gasteiger partial charge in [-0.3, -0.25) is 9.67 Å². The fourth-order valence-electron chi connectivity index (χ4n) is 4.26. The Morgan fingerprint density at radius 3 is 2.42 bits per heavy atom. The zero-order valence-corrected chi connectivity index (χ0v) is 18.9. The highest BCUT2D eigenvalue weighted by atomic mass is 16.5. The van der Waals surface area contributed by atoms with Crippen molar-refractivity contribution in [3.63, 3.8) is 0 Å². The molecule has 0 aliphatic heterocycles. The normalized spacial score (nSPS) is 12.0. The minimum atomic E-state index is 0.649. The Hall–Kier alpha value is -3.68. The maximum absolute atomic E-state index is 5.77. The zero-order chi connectivity index (χ0) is 22.4. The average molecular weight is 419 g/mol. The van der Waals surface area contributed by atoms with Crippen LogP contribution in [0, 0.1) is 27.7 Å². The minimum Gasteiger partial charge on any atom is -0.496 e. The Balaban J connectivity index is 2.04. The SMILES string of the molecule is C=Nc1[nH]c2cc(-c3c(C)noc3C)c(OC)cc2c1C(=NC)c1c(C)nn(C)c1C. The number of aryl methyl sites for hydroxylation is 4. The van der Waals surface area contributed by atoms with E-state index in [-0.39, 0.29) is 0 Å². The van der Waals surface area contributed by atoms with Crippen molar-refractivity contribution in [1.29, 1.82) is 0 Å². The summed E-state index contributed by atoms with van der Waals surface area (Å²) in [5, 5.41) is 9.60. The molecule has 0 atom stereocenters. The molecule has 4 aromatic rings. The van der Waals surface area contributed by atoms with E-state index in [4.69, 9.17) is 9.26 Å². The molecule has 3 aromatic heterocycles. The molecular formula is C23H26N6O2. The molecule has 0 unspecified atom stereocenters. The van der Waals surface area contributed by atoms with Gasteiger partial charge in [-0.2, -0.15) is 5.10 Å². The lowest BCUT2D eigenvalue weighted by atomic mass is 9.96. The van der Waals surface area contributed by atoms with Crippen molar-refractivity contribution >= 4 is 29.1 Å². The molecule has 0 saturated heterocycles. The molecule has 1 N–H and O–H groups in total. The lowest BCUT2D eigenvalue weighted by Gasteiger charge is -2.11. The van der Waals surface area contributed by atoms with E-state index in [0.717, 1.165) is 61.7 Å². The number of aromatic nitrogens is 4. The molecule has 160 valence electrons. The van der Waals surface area contributed by atoms with Gasteiger partial charge in [0.2, 0.25) is 0 Å². The number of nitrogens with zero attached hydrogens (tertiary/aromatic N) is 5. The summed E-state index contributed by atoms with van der Waals surface area (Å²) in [6, 6.07) is 4.04.